The van der Waals surface area contributed by atoms with Crippen LogP contribution in [0.25, 0.3) is 0 Å². The van der Waals surface area contributed by atoms with Crippen LogP contribution in [-0.4, -0.2) is 30.1 Å². The number of methoxy groups -OCH3 is 1. The third-order valence-corrected chi connectivity index (χ3v) is 5.84. The summed E-state index contributed by atoms with van der Waals surface area (Å²) in [4.78, 5) is 37.2. The molecule has 7 heteroatoms. The van der Waals surface area contributed by atoms with Crippen LogP contribution in [0, 0.1) is 11.8 Å². The van der Waals surface area contributed by atoms with E-state index >= 15 is 0 Å². The Labute approximate surface area is 143 Å². The van der Waals surface area contributed by atoms with Crippen LogP contribution in [0.15, 0.2) is 12.2 Å². The number of carbonyl (C=O) groups excluding carboxylic acids is 2. The Morgan fingerprint density at radius 3 is 2.58 bits per heavy atom. The van der Waals surface area contributed by atoms with E-state index in [0.717, 1.165) is 29.7 Å². The number of aliphatic carboxylic acids is 1. The number of carboxylic acid groups (broad SMARTS) is 1. The number of nitrogens with one attached hydrogen (secondary N) is 1. The zero-order chi connectivity index (χ0) is 17.3. The largest absolute Gasteiger partial charge is 0.481 e. The summed E-state index contributed by atoms with van der Waals surface area (Å²) in [5, 5.41) is 12.6. The van der Waals surface area contributed by atoms with Crippen LogP contribution < -0.4 is 5.32 Å². The van der Waals surface area contributed by atoms with Gasteiger partial charge >= 0.3 is 11.9 Å². The Morgan fingerprint density at radius 2 is 1.92 bits per heavy atom. The molecule has 128 valence electrons. The monoisotopic (exact) mass is 349 g/mol. The van der Waals surface area contributed by atoms with Gasteiger partial charge in [0.15, 0.2) is 0 Å². The highest BCUT2D eigenvalue weighted by Gasteiger charge is 2.35. The minimum absolute atomic E-state index is 0.345. The maximum absolute atomic E-state index is 12.6. The number of carbonyl (C=O) groups is 3. The normalized spacial score (nSPS) is 22.0. The first-order valence-electron chi connectivity index (χ1n) is 7.94. The van der Waals surface area contributed by atoms with Crippen LogP contribution in [0.5, 0.6) is 0 Å². The molecule has 1 aromatic rings. The number of allylic oxidation sites excluding steroid dienone is 2. The molecule has 2 atom stereocenters. The van der Waals surface area contributed by atoms with E-state index in [1.165, 1.54) is 18.4 Å². The Morgan fingerprint density at radius 1 is 1.21 bits per heavy atom. The molecule has 0 saturated carbocycles. The summed E-state index contributed by atoms with van der Waals surface area (Å²) in [5.74, 6) is -3.14. The minimum Gasteiger partial charge on any atom is -0.481 e. The van der Waals surface area contributed by atoms with Crippen molar-refractivity contribution in [1.82, 2.24) is 0 Å². The summed E-state index contributed by atoms with van der Waals surface area (Å²) in [6.45, 7) is 0. The molecule has 1 aromatic heterocycles. The van der Waals surface area contributed by atoms with Crippen molar-refractivity contribution in [3.8, 4) is 0 Å². The van der Waals surface area contributed by atoms with E-state index in [1.54, 1.807) is 6.08 Å². The van der Waals surface area contributed by atoms with Gasteiger partial charge in [0.1, 0.15) is 5.00 Å². The third kappa shape index (κ3) is 2.96. The molecule has 2 aliphatic rings. The second-order valence-electron chi connectivity index (χ2n) is 6.04. The molecule has 0 bridgehead atoms. The van der Waals surface area contributed by atoms with Gasteiger partial charge in [-0.1, -0.05) is 12.2 Å². The van der Waals surface area contributed by atoms with E-state index < -0.39 is 23.8 Å². The number of hydrogen-bond donors (Lipinski definition) is 2. The van der Waals surface area contributed by atoms with Crippen molar-refractivity contribution in [1.29, 1.82) is 0 Å². The van der Waals surface area contributed by atoms with Crippen LogP contribution >= 0.6 is 11.3 Å². The van der Waals surface area contributed by atoms with Crippen molar-refractivity contribution in [2.24, 2.45) is 11.8 Å². The molecule has 0 spiro atoms. The summed E-state index contributed by atoms with van der Waals surface area (Å²) >= 11 is 1.40. The van der Waals surface area contributed by atoms with E-state index in [-0.39, 0.29) is 5.91 Å². The number of esters is 1. The van der Waals surface area contributed by atoms with Crippen molar-refractivity contribution >= 4 is 34.2 Å². The van der Waals surface area contributed by atoms with Crippen LogP contribution in [0.1, 0.15) is 40.1 Å². The summed E-state index contributed by atoms with van der Waals surface area (Å²) in [6, 6.07) is 0. The highest BCUT2D eigenvalue weighted by molar-refractivity contribution is 7.17. The van der Waals surface area contributed by atoms with Crippen molar-refractivity contribution in [3.63, 3.8) is 0 Å². The molecule has 2 N–H and O–H groups in total. The van der Waals surface area contributed by atoms with Gasteiger partial charge < -0.3 is 15.2 Å². The van der Waals surface area contributed by atoms with Crippen molar-refractivity contribution in [2.45, 2.75) is 32.1 Å². The molecule has 0 aliphatic heterocycles. The highest BCUT2D eigenvalue weighted by atomic mass is 32.1. The first-order chi connectivity index (χ1) is 11.5. The van der Waals surface area contributed by atoms with Crippen molar-refractivity contribution < 1.29 is 24.2 Å². The first kappa shape index (κ1) is 16.7. The number of thiophene rings is 1. The van der Waals surface area contributed by atoms with Gasteiger partial charge in [0.2, 0.25) is 5.91 Å². The number of ether oxygens (including phenoxy) is 1. The molecule has 6 nitrogen and oxygen atoms in total. The second-order valence-corrected chi connectivity index (χ2v) is 7.14. The Kier molecular flexibility index (Phi) is 4.71. The Hall–Kier alpha value is -2.15. The van der Waals surface area contributed by atoms with E-state index in [9.17, 15) is 19.5 Å². The van der Waals surface area contributed by atoms with E-state index in [2.05, 4.69) is 5.32 Å². The molecule has 0 radical (unpaired) electrons. The van der Waals surface area contributed by atoms with Crippen molar-refractivity contribution in [2.75, 3.05) is 12.4 Å². The molecule has 1 amide bonds. The lowest BCUT2D eigenvalue weighted by molar-refractivity contribution is -0.146. The molecule has 3 rings (SSSR count). The lowest BCUT2D eigenvalue weighted by Gasteiger charge is -2.24. The quantitative estimate of drug-likeness (QED) is 0.644. The zero-order valence-corrected chi connectivity index (χ0v) is 14.1. The molecule has 24 heavy (non-hydrogen) atoms. The fourth-order valence-corrected chi connectivity index (χ4v) is 4.67. The van der Waals surface area contributed by atoms with Crippen LogP contribution in [0.2, 0.25) is 0 Å². The first-order valence-corrected chi connectivity index (χ1v) is 8.76. The number of anilines is 1. The molecule has 1 heterocycles. The molecule has 0 fully saturated rings. The maximum atomic E-state index is 12.6. The van der Waals surface area contributed by atoms with Gasteiger partial charge in [-0.25, -0.2) is 4.79 Å². The fourth-order valence-electron chi connectivity index (χ4n) is 3.39. The van der Waals surface area contributed by atoms with E-state index in [0.29, 0.717) is 23.4 Å². The van der Waals surface area contributed by atoms with Gasteiger partial charge in [0, 0.05) is 4.88 Å². The zero-order valence-electron chi connectivity index (χ0n) is 13.3. The smallest absolute Gasteiger partial charge is 0.341 e. The topological polar surface area (TPSA) is 92.7 Å². The predicted molar refractivity (Wildman–Crippen MR) is 89.3 cm³/mol. The predicted octanol–water partition coefficient (Wildman–Crippen LogP) is 2.63. The van der Waals surface area contributed by atoms with Crippen LogP contribution in [-0.2, 0) is 27.2 Å². The maximum Gasteiger partial charge on any atom is 0.341 e. The standard InChI is InChI=1S/C17H19NO5S/c1-23-17(22)13-11-7-4-8-12(11)24-15(13)18-14(19)9-5-2-3-6-10(9)16(20)21/h2-3,9-10H,4-8H2,1H3,(H,18,19)(H,20,21)/t9-,10+/m0/s1. The van der Waals surface area contributed by atoms with Crippen LogP contribution in [0.3, 0.4) is 0 Å². The average Bonchev–Trinajstić information content (AvgIpc) is 3.14. The Balaban J connectivity index is 1.86. The minimum atomic E-state index is -0.971. The van der Waals surface area contributed by atoms with E-state index in [1.807, 2.05) is 6.08 Å². The molecular weight excluding hydrogens is 330 g/mol. The highest BCUT2D eigenvalue weighted by Crippen LogP contribution is 2.40. The molecule has 0 saturated heterocycles. The number of fused-ring (bicyclic) bond motifs is 1. The van der Waals surface area contributed by atoms with Crippen molar-refractivity contribution in [3.05, 3.63) is 28.2 Å². The number of aryl methyl sites for hydroxylation is 1. The Bertz CT molecular complexity index is 721. The van der Waals surface area contributed by atoms with Gasteiger partial charge in [-0.3, -0.25) is 9.59 Å². The summed E-state index contributed by atoms with van der Waals surface area (Å²) in [5.41, 5.74) is 1.39. The number of rotatable bonds is 4. The number of carboxylic acids is 1. The molecular formula is C17H19NO5S. The number of hydrogen-bond acceptors (Lipinski definition) is 5. The SMILES string of the molecule is COC(=O)c1c(NC(=O)[C@H]2CC=CC[C@H]2C(=O)O)sc2c1CCC2. The van der Waals surface area contributed by atoms with Gasteiger partial charge in [0.25, 0.3) is 0 Å². The molecule has 2 aliphatic carbocycles. The van der Waals surface area contributed by atoms with Crippen LogP contribution in [0.4, 0.5) is 5.00 Å². The second kappa shape index (κ2) is 6.76. The average molecular weight is 349 g/mol. The van der Waals surface area contributed by atoms with Gasteiger partial charge in [-0.15, -0.1) is 11.3 Å². The summed E-state index contributed by atoms with van der Waals surface area (Å²) in [7, 11) is 1.32. The third-order valence-electron chi connectivity index (χ3n) is 4.63. The summed E-state index contributed by atoms with van der Waals surface area (Å²) < 4.78 is 4.86. The lowest BCUT2D eigenvalue weighted by atomic mass is 9.82. The lowest BCUT2D eigenvalue weighted by Crippen LogP contribution is -2.34. The number of amides is 1. The molecule has 0 unspecified atom stereocenters. The van der Waals surface area contributed by atoms with Gasteiger partial charge in [-0.05, 0) is 37.7 Å². The van der Waals surface area contributed by atoms with Gasteiger partial charge in [-0.2, -0.15) is 0 Å². The fraction of sp³-hybridized carbons (Fsp3) is 0.471. The summed E-state index contributed by atoms with van der Waals surface area (Å²) in [6.07, 6.45) is 7.05. The molecule has 0 aromatic carbocycles. The van der Waals surface area contributed by atoms with Gasteiger partial charge in [0.05, 0.1) is 24.5 Å². The van der Waals surface area contributed by atoms with E-state index in [4.69, 9.17) is 4.74 Å².